The van der Waals surface area contributed by atoms with Gasteiger partial charge in [-0.25, -0.2) is 0 Å². The molecule has 0 bridgehead atoms. The van der Waals surface area contributed by atoms with Crippen molar-refractivity contribution in [2.45, 2.75) is 78.6 Å². The molecule has 9 nitrogen and oxygen atoms in total. The van der Waals surface area contributed by atoms with Crippen molar-refractivity contribution in [2.24, 2.45) is 0 Å². The van der Waals surface area contributed by atoms with Gasteiger partial charge >= 0.3 is 97.4 Å². The fourth-order valence-electron chi connectivity index (χ4n) is 15.9. The molecule has 0 amide bonds. The predicted molar refractivity (Wildman–Crippen MR) is 577 cm³/mol. The molecule has 0 aliphatic carbocycles. The molecule has 18 rings (SSSR count). The average Bonchev–Trinajstić information content (AvgIpc) is 0.766. The van der Waals surface area contributed by atoms with Crippen LogP contribution in [0.3, 0.4) is 0 Å². The second-order valence-electron chi connectivity index (χ2n) is 35.5. The van der Waals surface area contributed by atoms with Gasteiger partial charge in [-0.05, 0) is 83.8 Å². The molecule has 708 valence electrons. The zero-order valence-electron chi connectivity index (χ0n) is 78.3. The van der Waals surface area contributed by atoms with Crippen LogP contribution in [0.4, 0.5) is 0 Å². The van der Waals surface area contributed by atoms with Gasteiger partial charge in [-0.1, -0.05) is 353 Å². The van der Waals surface area contributed by atoms with Gasteiger partial charge in [0.1, 0.15) is 0 Å². The number of nitrogens with zero attached hydrogens (tertiary/aromatic N) is 3. The number of pyridine rings is 3. The Balaban J connectivity index is 0.000000170. The quantitative estimate of drug-likeness (QED) is 0.0300. The molecule has 0 atom stereocenters. The number of hydrogen-bond donors (Lipinski definition) is 0. The van der Waals surface area contributed by atoms with Gasteiger partial charge in [0.15, 0.2) is 21.4 Å². The first-order valence-electron chi connectivity index (χ1n) is 44.4. The first-order chi connectivity index (χ1) is 66.8. The Kier molecular flexibility index (Phi) is 37.0. The van der Waals surface area contributed by atoms with Crippen molar-refractivity contribution in [2.75, 3.05) is 21.3 Å². The van der Waals surface area contributed by atoms with E-state index in [0.29, 0.717) is 0 Å². The van der Waals surface area contributed by atoms with Crippen LogP contribution < -0.4 is 62.0 Å². The zero-order chi connectivity index (χ0) is 98.2. The topological polar surface area (TPSA) is 118 Å². The van der Waals surface area contributed by atoms with Gasteiger partial charge < -0.3 is 42.9 Å². The van der Waals surface area contributed by atoms with E-state index in [1.165, 1.54) is 16.7 Å². The molecule has 0 aliphatic rings. The molecule has 0 saturated carbocycles. The van der Waals surface area contributed by atoms with Gasteiger partial charge in [0.2, 0.25) is 0 Å². The summed E-state index contributed by atoms with van der Waals surface area (Å²) < 4.78 is 60.7. The third kappa shape index (κ3) is 25.3. The number of halogens is 3. The number of hydrogen-bond acceptors (Lipinski definition) is 9. The van der Waals surface area contributed by atoms with E-state index in [9.17, 15) is 13.7 Å². The molecule has 0 radical (unpaired) electrons. The van der Waals surface area contributed by atoms with Gasteiger partial charge in [0.05, 0.1) is 21.3 Å². The third-order valence-electron chi connectivity index (χ3n) is 23.6. The second-order valence-corrected chi connectivity index (χ2v) is 43.8. The van der Waals surface area contributed by atoms with E-state index in [1.54, 1.807) is 41.3 Å². The number of aromatic nitrogens is 3. The zero-order valence-corrected chi connectivity index (χ0v) is 92.0. The van der Waals surface area contributed by atoms with Crippen molar-refractivity contribution in [3.63, 3.8) is 0 Å². The number of ether oxygens (including phenoxy) is 3. The minimum atomic E-state index is -3.06. The second kappa shape index (κ2) is 48.6. The van der Waals surface area contributed by atoms with Gasteiger partial charge in [-0.3, -0.25) is 0 Å². The van der Waals surface area contributed by atoms with Crippen LogP contribution in [0.1, 0.15) is 79.0 Å². The third-order valence-corrected chi connectivity index (χ3v) is 32.9. The van der Waals surface area contributed by atoms with E-state index in [-0.39, 0.29) is 16.2 Å². The normalized spacial score (nSPS) is 11.4. The van der Waals surface area contributed by atoms with Crippen LogP contribution in [0.5, 0.6) is 17.2 Å². The Bertz CT molecular complexity index is 6330. The standard InChI is InChI=1S/3C40H34NO2P.3Au.BrH.ClH.HI/c3*1-40(2,3)33-21-15-30(16-22-33)38-27-32(28-39(41-38)31-17-23-34(43-4)24-18-31)29-19-25-37(26-20-29)44(42,35-11-7-5-8-12-35)36-13-9-6-10-14-36;;;;;;/h3*5-15,17,19-28H,1-4H3;;;;3*1H/q3*-2;3*+1;;;/p-3. The summed E-state index contributed by atoms with van der Waals surface area (Å²) in [7, 11) is 0.337. The van der Waals surface area contributed by atoms with Crippen LogP contribution in [0.15, 0.2) is 400 Å². The van der Waals surface area contributed by atoms with Crippen LogP contribution >= 0.6 is 62.7 Å². The Hall–Kier alpha value is -10.4. The van der Waals surface area contributed by atoms with Crippen LogP contribution in [-0.4, -0.2) is 36.3 Å². The molecule has 3 aromatic heterocycles. The van der Waals surface area contributed by atoms with Gasteiger partial charge in [-0.2, -0.15) is 0 Å². The average molecular weight is 2610 g/mol. The summed E-state index contributed by atoms with van der Waals surface area (Å²) in [5.74, 6) is 2.23. The maximum atomic E-state index is 14.9. The summed E-state index contributed by atoms with van der Waals surface area (Å²) in [4.78, 5) is 15.1. The van der Waals surface area contributed by atoms with E-state index >= 15 is 0 Å². The summed E-state index contributed by atoms with van der Waals surface area (Å²) >= 11 is 11.1. The van der Waals surface area contributed by atoms with Crippen molar-refractivity contribution in [3.05, 3.63) is 453 Å². The van der Waals surface area contributed by atoms with E-state index in [1.807, 2.05) is 273 Å². The van der Waals surface area contributed by atoms with E-state index in [2.05, 4.69) is 304 Å². The van der Waals surface area contributed by atoms with Crippen molar-refractivity contribution >= 4 is 110 Å². The predicted octanol–water partition coefficient (Wildman–Crippen LogP) is 28.3. The van der Waals surface area contributed by atoms with Gasteiger partial charge in [0, 0.05) is 65.0 Å². The molecule has 0 unspecified atom stereocenters. The molecule has 0 fully saturated rings. The molecule has 18 aromatic rings. The maximum absolute atomic E-state index is 14.9. The molecular weight excluding hydrogens is 2510 g/mol. The fraction of sp³-hybridized carbons (Fsp3) is 0.125. The van der Waals surface area contributed by atoms with Crippen LogP contribution in [0.2, 0.25) is 0 Å². The van der Waals surface area contributed by atoms with Crippen molar-refractivity contribution in [1.82, 2.24) is 15.0 Å². The molecule has 15 aromatic carbocycles. The van der Waals surface area contributed by atoms with Crippen molar-refractivity contribution < 1.29 is 84.1 Å². The first kappa shape index (κ1) is 105. The Morgan fingerprint density at radius 3 is 0.558 bits per heavy atom. The van der Waals surface area contributed by atoms with Crippen molar-refractivity contribution in [3.8, 4) is 118 Å². The fourth-order valence-corrected chi connectivity index (χ4v) is 23.9. The van der Waals surface area contributed by atoms with E-state index in [0.717, 1.165) is 166 Å². The van der Waals surface area contributed by atoms with Crippen LogP contribution in [0.25, 0.3) is 101 Å². The summed E-state index contributed by atoms with van der Waals surface area (Å²) in [6, 6.07) is 152. The SMILES string of the molecule is COc1c[c-]c(-c2cc(-c3ccc(P(=O)(c4ccccc4)c4ccccc4)cc3)cc(-c3[c-]cc(C(C)(C)C)cc3)n2)cc1.COc1c[c-]c(-c2cc(-c3ccc(P(=O)(c4ccccc4)c4ccccc4)cc3)cc(-c3[c-]cc(C(C)(C)C)cc3)n2)cc1.COc1c[c-]c(-c2cc(-c3ccc(P(=O)(c4ccccc4)c4ccccc4)cc3)cc(-c3[c-]cc(C(C)(C)C)cc3)n2)cc1.[Br][Au].[Cl][Au].[I][Au]. The summed E-state index contributed by atoms with van der Waals surface area (Å²) in [6.07, 6.45) is 0. The number of rotatable bonds is 21. The van der Waals surface area contributed by atoms with Gasteiger partial charge in [0.25, 0.3) is 0 Å². The van der Waals surface area contributed by atoms with E-state index in [4.69, 9.17) is 29.2 Å². The Morgan fingerprint density at radius 1 is 0.246 bits per heavy atom. The molecular formula is C120H102Au3BrClIN3O6P3-6. The van der Waals surface area contributed by atoms with Crippen LogP contribution in [0, 0.1) is 36.4 Å². The molecule has 0 N–H and O–H groups in total. The molecule has 0 aliphatic heterocycles. The molecule has 3 heterocycles. The van der Waals surface area contributed by atoms with Crippen molar-refractivity contribution in [1.29, 1.82) is 0 Å². The Labute approximate surface area is 871 Å². The number of benzene rings is 15. The molecule has 0 spiro atoms. The van der Waals surface area contributed by atoms with Gasteiger partial charge in [-0.15, -0.1) is 196 Å². The summed E-state index contributed by atoms with van der Waals surface area (Å²) in [6.45, 7) is 19.8. The molecule has 18 heteroatoms. The van der Waals surface area contributed by atoms with Crippen LogP contribution in [-0.2, 0) is 86.1 Å². The summed E-state index contributed by atoms with van der Waals surface area (Å²) in [5, 5.41) is 7.28. The minimum absolute atomic E-state index is 0.0359. The Morgan fingerprint density at radius 2 is 0.413 bits per heavy atom. The molecule has 0 saturated heterocycles. The number of methoxy groups -OCH3 is 3. The summed E-state index contributed by atoms with van der Waals surface area (Å²) in [5.41, 5.74) is 20.0. The first-order valence-corrected chi connectivity index (χ1v) is 63.1. The van der Waals surface area contributed by atoms with E-state index < -0.39 is 21.4 Å². The molecule has 138 heavy (non-hydrogen) atoms. The monoisotopic (exact) mass is 2610 g/mol.